The highest BCUT2D eigenvalue weighted by molar-refractivity contribution is 7.93. The lowest BCUT2D eigenvalue weighted by Gasteiger charge is -2.27. The predicted molar refractivity (Wildman–Crippen MR) is 113 cm³/mol. The minimum atomic E-state index is -3.69. The summed E-state index contributed by atoms with van der Waals surface area (Å²) in [6, 6.07) is 20.8. The van der Waals surface area contributed by atoms with E-state index in [0.717, 1.165) is 27.8 Å². The monoisotopic (exact) mass is 403 g/mol. The average molecular weight is 404 g/mol. The fourth-order valence-electron chi connectivity index (χ4n) is 4.92. The maximum atomic E-state index is 13.8. The molecule has 0 N–H and O–H groups in total. The Balaban J connectivity index is 1.83. The Labute approximate surface area is 170 Å². The number of hydrogen-bond acceptors (Lipinski definition) is 4. The second-order valence-corrected chi connectivity index (χ2v) is 9.87. The van der Waals surface area contributed by atoms with Crippen molar-refractivity contribution in [3.05, 3.63) is 100 Å². The van der Waals surface area contributed by atoms with Crippen LogP contribution in [0.3, 0.4) is 0 Å². The minimum absolute atomic E-state index is 0.323. The van der Waals surface area contributed by atoms with Crippen molar-refractivity contribution in [1.82, 2.24) is 0 Å². The average Bonchev–Trinajstić information content (AvgIpc) is 3.18. The van der Waals surface area contributed by atoms with E-state index in [1.165, 1.54) is 0 Å². The summed E-state index contributed by atoms with van der Waals surface area (Å²) < 4.78 is 27.5. The molecule has 0 radical (unpaired) electrons. The standard InChI is InChI=1S/C24H21NO3S/c1-15-13-16(2)21(17(3)14-15)22-23-24(28-25-22,18-9-5-4-6-10-18)19-11-7-8-12-20(19)29(23,26)27/h4-14,23H,1-3H3. The summed E-state index contributed by atoms with van der Waals surface area (Å²) in [5, 5.41) is 3.50. The van der Waals surface area contributed by atoms with Crippen molar-refractivity contribution >= 4 is 15.5 Å². The first-order valence-corrected chi connectivity index (χ1v) is 11.1. The predicted octanol–water partition coefficient (Wildman–Crippen LogP) is 4.45. The van der Waals surface area contributed by atoms with E-state index in [0.29, 0.717) is 16.2 Å². The molecule has 2 aliphatic rings. The van der Waals surface area contributed by atoms with Crippen LogP contribution in [0.4, 0.5) is 0 Å². The quantitative estimate of drug-likeness (QED) is 0.635. The van der Waals surface area contributed by atoms with E-state index in [9.17, 15) is 8.42 Å². The number of benzene rings is 3. The van der Waals surface area contributed by atoms with Gasteiger partial charge in [-0.2, -0.15) is 0 Å². The van der Waals surface area contributed by atoms with Crippen LogP contribution in [0.25, 0.3) is 0 Å². The van der Waals surface area contributed by atoms with E-state index in [2.05, 4.69) is 17.3 Å². The van der Waals surface area contributed by atoms with Gasteiger partial charge in [0.25, 0.3) is 0 Å². The molecule has 3 aromatic carbocycles. The molecular formula is C24H21NO3S. The molecule has 0 saturated carbocycles. The largest absolute Gasteiger partial charge is 0.377 e. The normalized spacial score (nSPS) is 23.8. The van der Waals surface area contributed by atoms with Crippen molar-refractivity contribution in [1.29, 1.82) is 0 Å². The van der Waals surface area contributed by atoms with Crippen molar-refractivity contribution in [3.8, 4) is 0 Å². The third kappa shape index (κ3) is 2.31. The van der Waals surface area contributed by atoms with E-state index in [1.807, 2.05) is 63.2 Å². The Hall–Kier alpha value is -2.92. The van der Waals surface area contributed by atoms with Gasteiger partial charge in [0.15, 0.2) is 15.1 Å². The molecule has 29 heavy (non-hydrogen) atoms. The smallest absolute Gasteiger partial charge is 0.211 e. The lowest BCUT2D eigenvalue weighted by Crippen LogP contribution is -2.42. The van der Waals surface area contributed by atoms with Gasteiger partial charge in [-0.15, -0.1) is 0 Å². The van der Waals surface area contributed by atoms with Crippen LogP contribution in [-0.2, 0) is 20.3 Å². The van der Waals surface area contributed by atoms with Crippen molar-refractivity contribution in [3.63, 3.8) is 0 Å². The first-order chi connectivity index (χ1) is 13.9. The summed E-state index contributed by atoms with van der Waals surface area (Å²) in [6.45, 7) is 6.03. The Bertz CT molecular complexity index is 1260. The van der Waals surface area contributed by atoms with Crippen LogP contribution in [0.1, 0.15) is 33.4 Å². The zero-order chi connectivity index (χ0) is 20.4. The van der Waals surface area contributed by atoms with Gasteiger partial charge in [-0.1, -0.05) is 71.4 Å². The number of nitrogens with zero attached hydrogens (tertiary/aromatic N) is 1. The van der Waals surface area contributed by atoms with Crippen LogP contribution in [-0.4, -0.2) is 19.4 Å². The van der Waals surface area contributed by atoms with Crippen molar-refractivity contribution in [2.24, 2.45) is 5.16 Å². The van der Waals surface area contributed by atoms with Crippen LogP contribution in [0.5, 0.6) is 0 Å². The van der Waals surface area contributed by atoms with E-state index in [1.54, 1.807) is 12.1 Å². The second-order valence-electron chi connectivity index (χ2n) is 7.86. The highest BCUT2D eigenvalue weighted by Crippen LogP contribution is 2.54. The number of sulfone groups is 1. The number of hydrogen-bond donors (Lipinski definition) is 0. The highest BCUT2D eigenvalue weighted by atomic mass is 32.2. The van der Waals surface area contributed by atoms with E-state index < -0.39 is 20.7 Å². The SMILES string of the molecule is Cc1cc(C)c(C2=NOC3(c4ccccc4)c4ccccc4S(=O)(=O)C23)c(C)c1. The molecule has 0 bridgehead atoms. The summed E-state index contributed by atoms with van der Waals surface area (Å²) in [5.74, 6) is 0. The number of fused-ring (bicyclic) bond motifs is 3. The number of oxime groups is 1. The van der Waals surface area contributed by atoms with Crippen LogP contribution in [0.15, 0.2) is 76.8 Å². The molecule has 2 atom stereocenters. The third-order valence-electron chi connectivity index (χ3n) is 5.95. The molecule has 4 nitrogen and oxygen atoms in total. The second kappa shape index (κ2) is 6.04. The molecule has 0 aromatic heterocycles. The van der Waals surface area contributed by atoms with Gasteiger partial charge in [-0.05, 0) is 38.0 Å². The molecule has 0 amide bonds. The van der Waals surface area contributed by atoms with Gasteiger partial charge in [0, 0.05) is 16.7 Å². The highest BCUT2D eigenvalue weighted by Gasteiger charge is 2.65. The molecule has 2 heterocycles. The van der Waals surface area contributed by atoms with Crippen molar-refractivity contribution in [2.45, 2.75) is 36.5 Å². The van der Waals surface area contributed by atoms with Crippen LogP contribution >= 0.6 is 0 Å². The molecule has 146 valence electrons. The van der Waals surface area contributed by atoms with Crippen LogP contribution in [0, 0.1) is 20.8 Å². The van der Waals surface area contributed by atoms with Gasteiger partial charge >= 0.3 is 0 Å². The van der Waals surface area contributed by atoms with Gasteiger partial charge in [0.1, 0.15) is 5.71 Å². The zero-order valence-corrected chi connectivity index (χ0v) is 17.3. The minimum Gasteiger partial charge on any atom is -0.377 e. The summed E-state index contributed by atoms with van der Waals surface area (Å²) in [7, 11) is -3.69. The molecule has 0 spiro atoms. The topological polar surface area (TPSA) is 55.7 Å². The molecule has 0 saturated heterocycles. The molecule has 0 fully saturated rings. The first kappa shape index (κ1) is 18.1. The summed E-state index contributed by atoms with van der Waals surface area (Å²) >= 11 is 0. The molecule has 5 heteroatoms. The summed E-state index contributed by atoms with van der Waals surface area (Å²) in [6.07, 6.45) is 0. The van der Waals surface area contributed by atoms with Crippen molar-refractivity contribution < 1.29 is 13.3 Å². The van der Waals surface area contributed by atoms with Gasteiger partial charge in [0.2, 0.25) is 5.60 Å². The van der Waals surface area contributed by atoms with Gasteiger partial charge < -0.3 is 4.84 Å². The van der Waals surface area contributed by atoms with E-state index in [4.69, 9.17) is 4.84 Å². The molecule has 2 aliphatic heterocycles. The molecule has 0 aliphatic carbocycles. The van der Waals surface area contributed by atoms with Gasteiger partial charge in [0.05, 0.1) is 4.90 Å². The lowest BCUT2D eigenvalue weighted by atomic mass is 9.80. The van der Waals surface area contributed by atoms with Gasteiger partial charge in [-0.25, -0.2) is 8.42 Å². The Morgan fingerprint density at radius 1 is 0.897 bits per heavy atom. The fraction of sp³-hybridized carbons (Fsp3) is 0.208. The summed E-state index contributed by atoms with van der Waals surface area (Å²) in [5.41, 5.74) is 4.75. The summed E-state index contributed by atoms with van der Waals surface area (Å²) in [4.78, 5) is 6.45. The van der Waals surface area contributed by atoms with E-state index in [-0.39, 0.29) is 0 Å². The molecule has 5 rings (SSSR count). The maximum absolute atomic E-state index is 13.8. The maximum Gasteiger partial charge on any atom is 0.211 e. The van der Waals surface area contributed by atoms with Gasteiger partial charge in [-0.3, -0.25) is 0 Å². The lowest BCUT2D eigenvalue weighted by molar-refractivity contribution is 0.0147. The Morgan fingerprint density at radius 2 is 1.52 bits per heavy atom. The zero-order valence-electron chi connectivity index (χ0n) is 16.5. The Morgan fingerprint density at radius 3 is 2.21 bits per heavy atom. The third-order valence-corrected chi connectivity index (χ3v) is 8.09. The van der Waals surface area contributed by atoms with E-state index >= 15 is 0 Å². The first-order valence-electron chi connectivity index (χ1n) is 9.60. The molecule has 3 aromatic rings. The Kier molecular flexibility index (Phi) is 3.77. The van der Waals surface area contributed by atoms with Crippen LogP contribution < -0.4 is 0 Å². The van der Waals surface area contributed by atoms with Crippen LogP contribution in [0.2, 0.25) is 0 Å². The number of rotatable bonds is 2. The number of aryl methyl sites for hydroxylation is 3. The molecule has 2 unspecified atom stereocenters. The fourth-order valence-corrected chi connectivity index (χ4v) is 7.17. The molecular weight excluding hydrogens is 382 g/mol. The van der Waals surface area contributed by atoms with Crippen molar-refractivity contribution in [2.75, 3.05) is 0 Å².